The van der Waals surface area contributed by atoms with Crippen molar-refractivity contribution in [3.8, 4) is 11.8 Å². The molecule has 1 unspecified atom stereocenters. The minimum absolute atomic E-state index is 0.0759. The zero-order valence-corrected chi connectivity index (χ0v) is 13.8. The van der Waals surface area contributed by atoms with Gasteiger partial charge in [-0.05, 0) is 25.1 Å². The van der Waals surface area contributed by atoms with Crippen LogP contribution in [0, 0.1) is 11.3 Å². The van der Waals surface area contributed by atoms with Gasteiger partial charge in [-0.2, -0.15) is 5.26 Å². The van der Waals surface area contributed by atoms with Crippen molar-refractivity contribution in [3.05, 3.63) is 44.6 Å². The molecule has 9 nitrogen and oxygen atoms in total. The Morgan fingerprint density at radius 3 is 2.64 bits per heavy atom. The second-order valence-corrected chi connectivity index (χ2v) is 5.63. The van der Waals surface area contributed by atoms with E-state index in [9.17, 15) is 19.6 Å². The highest BCUT2D eigenvalue weighted by Gasteiger charge is 2.24. The van der Waals surface area contributed by atoms with Gasteiger partial charge in [0.25, 0.3) is 11.5 Å². The highest BCUT2D eigenvalue weighted by Crippen LogP contribution is 2.33. The highest BCUT2D eigenvalue weighted by molar-refractivity contribution is 5.98. The number of hydrogen-bond acceptors (Lipinski definition) is 6. The monoisotopic (exact) mass is 341 g/mol. The van der Waals surface area contributed by atoms with Crippen LogP contribution in [0.1, 0.15) is 12.5 Å². The first-order valence-corrected chi connectivity index (χ1v) is 7.42. The van der Waals surface area contributed by atoms with Crippen molar-refractivity contribution in [2.45, 2.75) is 13.0 Å². The number of hydrogen-bond donors (Lipinski definition) is 2. The Morgan fingerprint density at radius 1 is 1.24 bits per heavy atom. The van der Waals surface area contributed by atoms with Gasteiger partial charge < -0.3 is 15.4 Å². The molecule has 1 aromatic heterocycles. The molecule has 0 radical (unpaired) electrons. The summed E-state index contributed by atoms with van der Waals surface area (Å²) in [5.74, 6) is 0.311. The lowest BCUT2D eigenvalue weighted by atomic mass is 10.2. The quantitative estimate of drug-likeness (QED) is 0.817. The van der Waals surface area contributed by atoms with E-state index in [0.29, 0.717) is 17.1 Å². The predicted molar refractivity (Wildman–Crippen MR) is 90.1 cm³/mol. The van der Waals surface area contributed by atoms with Crippen LogP contribution in [-0.2, 0) is 18.9 Å². The van der Waals surface area contributed by atoms with Gasteiger partial charge in [0, 0.05) is 19.8 Å². The van der Waals surface area contributed by atoms with Gasteiger partial charge >= 0.3 is 5.69 Å². The third-order valence-corrected chi connectivity index (χ3v) is 3.95. The summed E-state index contributed by atoms with van der Waals surface area (Å²) in [7, 11) is 2.76. The van der Waals surface area contributed by atoms with Gasteiger partial charge in [0.05, 0.1) is 5.69 Å². The van der Waals surface area contributed by atoms with Crippen LogP contribution in [0.5, 0.6) is 5.75 Å². The minimum Gasteiger partial charge on any atom is -0.479 e. The van der Waals surface area contributed by atoms with Crippen LogP contribution in [0.25, 0.3) is 0 Å². The Morgan fingerprint density at radius 2 is 1.96 bits per heavy atom. The predicted octanol–water partition coefficient (Wildman–Crippen LogP) is 0.419. The maximum Gasteiger partial charge on any atom is 0.332 e. The van der Waals surface area contributed by atoms with Crippen LogP contribution in [-0.4, -0.2) is 21.1 Å². The van der Waals surface area contributed by atoms with Gasteiger partial charge in [-0.25, -0.2) is 4.79 Å². The Labute approximate surface area is 142 Å². The molecule has 2 N–H and O–H groups in total. The van der Waals surface area contributed by atoms with Gasteiger partial charge in [0.2, 0.25) is 0 Å². The fourth-order valence-corrected chi connectivity index (χ4v) is 2.51. The molecule has 0 saturated heterocycles. The summed E-state index contributed by atoms with van der Waals surface area (Å²) in [6.45, 7) is 1.64. The molecule has 0 bridgehead atoms. The number of fused-ring (bicyclic) bond motifs is 1. The van der Waals surface area contributed by atoms with E-state index < -0.39 is 17.4 Å². The number of carbonyl (C=O) groups is 1. The average molecular weight is 341 g/mol. The molecule has 0 saturated carbocycles. The summed E-state index contributed by atoms with van der Waals surface area (Å²) < 4.78 is 7.52. The number of benzene rings is 1. The molecule has 0 fully saturated rings. The average Bonchev–Trinajstić information content (AvgIpc) is 2.59. The highest BCUT2D eigenvalue weighted by atomic mass is 16.5. The van der Waals surface area contributed by atoms with Gasteiger partial charge in [-0.1, -0.05) is 0 Å². The van der Waals surface area contributed by atoms with Crippen LogP contribution in [0.15, 0.2) is 27.8 Å². The summed E-state index contributed by atoms with van der Waals surface area (Å²) >= 11 is 0. The number of nitriles is 1. The number of carbonyl (C=O) groups excluding carboxylic acids is 1. The molecule has 1 aromatic carbocycles. The molecule has 1 aliphatic rings. The summed E-state index contributed by atoms with van der Waals surface area (Å²) in [6, 6.07) is 6.73. The molecule has 1 amide bonds. The van der Waals surface area contributed by atoms with Crippen molar-refractivity contribution in [1.29, 1.82) is 5.26 Å². The van der Waals surface area contributed by atoms with E-state index in [4.69, 9.17) is 4.74 Å². The molecule has 1 aliphatic heterocycles. The fourth-order valence-electron chi connectivity index (χ4n) is 2.51. The third-order valence-electron chi connectivity index (χ3n) is 3.95. The fraction of sp³-hybridized carbons (Fsp3) is 0.250. The van der Waals surface area contributed by atoms with E-state index in [2.05, 4.69) is 10.6 Å². The van der Waals surface area contributed by atoms with E-state index in [0.717, 1.165) is 4.57 Å². The van der Waals surface area contributed by atoms with Crippen molar-refractivity contribution < 1.29 is 9.53 Å². The number of anilines is 3. The van der Waals surface area contributed by atoms with Crippen LogP contribution in [0.4, 0.5) is 17.2 Å². The lowest BCUT2D eigenvalue weighted by Gasteiger charge is -2.24. The first kappa shape index (κ1) is 16.3. The molecular weight excluding hydrogens is 326 g/mol. The Bertz CT molecular complexity index is 1040. The zero-order valence-electron chi connectivity index (χ0n) is 13.8. The summed E-state index contributed by atoms with van der Waals surface area (Å²) in [6.07, 6.45) is -0.588. The van der Waals surface area contributed by atoms with Gasteiger partial charge in [-0.15, -0.1) is 0 Å². The van der Waals surface area contributed by atoms with Crippen molar-refractivity contribution >= 4 is 23.1 Å². The van der Waals surface area contributed by atoms with Crippen LogP contribution >= 0.6 is 0 Å². The van der Waals surface area contributed by atoms with Crippen LogP contribution in [0.2, 0.25) is 0 Å². The van der Waals surface area contributed by atoms with E-state index in [-0.39, 0.29) is 17.3 Å². The first-order chi connectivity index (χ1) is 11.8. The molecule has 1 atom stereocenters. The molecule has 0 aliphatic carbocycles. The summed E-state index contributed by atoms with van der Waals surface area (Å²) in [5, 5.41) is 14.9. The molecule has 2 aromatic rings. The van der Waals surface area contributed by atoms with Crippen molar-refractivity contribution in [1.82, 2.24) is 9.13 Å². The van der Waals surface area contributed by atoms with Crippen molar-refractivity contribution in [2.75, 3.05) is 10.6 Å². The second kappa shape index (κ2) is 5.83. The van der Waals surface area contributed by atoms with Crippen LogP contribution < -0.4 is 26.6 Å². The summed E-state index contributed by atoms with van der Waals surface area (Å²) in [5.41, 5.74) is -0.486. The number of nitrogens with one attached hydrogen (secondary N) is 2. The number of nitrogens with zero attached hydrogens (tertiary/aromatic N) is 3. The minimum atomic E-state index is -0.684. The van der Waals surface area contributed by atoms with E-state index in [1.54, 1.807) is 25.1 Å². The van der Waals surface area contributed by atoms with Gasteiger partial charge in [-0.3, -0.25) is 18.7 Å². The van der Waals surface area contributed by atoms with Crippen molar-refractivity contribution in [3.63, 3.8) is 0 Å². The largest absolute Gasteiger partial charge is 0.479 e. The number of ether oxygens (including phenoxy) is 1. The molecule has 128 valence electrons. The zero-order chi connectivity index (χ0) is 18.3. The van der Waals surface area contributed by atoms with E-state index in [1.807, 2.05) is 6.07 Å². The number of rotatable bonds is 2. The molecule has 2 heterocycles. The van der Waals surface area contributed by atoms with Gasteiger partial charge in [0.15, 0.2) is 11.7 Å². The molecule has 9 heteroatoms. The van der Waals surface area contributed by atoms with E-state index in [1.165, 1.54) is 18.7 Å². The smallest absolute Gasteiger partial charge is 0.332 e. The van der Waals surface area contributed by atoms with Crippen LogP contribution in [0.3, 0.4) is 0 Å². The lowest BCUT2D eigenvalue weighted by molar-refractivity contribution is -0.122. The van der Waals surface area contributed by atoms with Gasteiger partial charge in [0.1, 0.15) is 17.6 Å². The molecule has 0 spiro atoms. The van der Waals surface area contributed by atoms with E-state index >= 15 is 0 Å². The standard InChI is InChI=1S/C16H15N5O4/c1-8-14(22)19-11-6-9(4-5-12(11)25-8)18-13-10(7-17)15(23)21(3)16(24)20(13)2/h4-6,8,18H,1-3H3,(H,19,22). The molecular formula is C16H15N5O4. The normalized spacial score (nSPS) is 15.6. The maximum absolute atomic E-state index is 12.1. The Hall–Kier alpha value is -3.54. The molecule has 25 heavy (non-hydrogen) atoms. The lowest BCUT2D eigenvalue weighted by Crippen LogP contribution is -2.39. The number of amides is 1. The van der Waals surface area contributed by atoms with Crippen molar-refractivity contribution in [2.24, 2.45) is 14.1 Å². The third kappa shape index (κ3) is 2.63. The Kier molecular flexibility index (Phi) is 3.81. The number of aromatic nitrogens is 2. The SMILES string of the molecule is CC1Oc2ccc(Nc3c(C#N)c(=O)n(C)c(=O)n3C)cc2NC1=O. The first-order valence-electron chi connectivity index (χ1n) is 7.42. The summed E-state index contributed by atoms with van der Waals surface area (Å²) in [4.78, 5) is 35.9. The topological polar surface area (TPSA) is 118 Å². The maximum atomic E-state index is 12.1. The Balaban J connectivity index is 2.07. The molecule has 3 rings (SSSR count). The second-order valence-electron chi connectivity index (χ2n) is 5.63.